The molecule has 158 valence electrons. The highest BCUT2D eigenvalue weighted by atomic mass is 32.2. The van der Waals surface area contributed by atoms with Gasteiger partial charge in [0.25, 0.3) is 0 Å². The minimum absolute atomic E-state index is 0.509. The van der Waals surface area contributed by atoms with Crippen LogP contribution in [0.1, 0.15) is 23.1 Å². The van der Waals surface area contributed by atoms with Gasteiger partial charge in [-0.3, -0.25) is 0 Å². The Morgan fingerprint density at radius 1 is 1.20 bits per heavy atom. The molecule has 10 heteroatoms. The van der Waals surface area contributed by atoms with Crippen molar-refractivity contribution >= 4 is 29.1 Å². The molecule has 0 aliphatic rings. The van der Waals surface area contributed by atoms with Gasteiger partial charge in [0, 0.05) is 10.5 Å². The van der Waals surface area contributed by atoms with Crippen LogP contribution < -0.4 is 4.74 Å². The lowest BCUT2D eigenvalue weighted by atomic mass is 10.1. The molecule has 0 spiro atoms. The quantitative estimate of drug-likeness (QED) is 0.464. The Morgan fingerprint density at radius 2 is 1.90 bits per heavy atom. The first-order valence-corrected chi connectivity index (χ1v) is 10.6. The predicted octanol–water partition coefficient (Wildman–Crippen LogP) is 5.68. The van der Waals surface area contributed by atoms with E-state index in [1.165, 1.54) is 42.2 Å². The van der Waals surface area contributed by atoms with Crippen LogP contribution in [0.3, 0.4) is 0 Å². The summed E-state index contributed by atoms with van der Waals surface area (Å²) < 4.78 is 43.4. The molecular weight excluding hydrogens is 437 g/mol. The third-order valence-corrected chi connectivity index (χ3v) is 6.25. The number of rotatable bonds is 7. The van der Waals surface area contributed by atoms with E-state index in [9.17, 15) is 18.0 Å². The van der Waals surface area contributed by atoms with E-state index in [0.29, 0.717) is 22.1 Å². The average Bonchev–Trinajstić information content (AvgIpc) is 3.16. The molecule has 0 fully saturated rings. The van der Waals surface area contributed by atoms with Gasteiger partial charge in [0.1, 0.15) is 15.8 Å². The topological polar surface area (TPSA) is 72.3 Å². The van der Waals surface area contributed by atoms with Gasteiger partial charge < -0.3 is 9.84 Å². The van der Waals surface area contributed by atoms with E-state index in [1.54, 1.807) is 6.07 Å². The fourth-order valence-electron chi connectivity index (χ4n) is 2.46. The molecule has 1 unspecified atom stereocenters. The third-order valence-electron chi connectivity index (χ3n) is 4.09. The van der Waals surface area contributed by atoms with Crippen LogP contribution in [0.5, 0.6) is 5.75 Å². The molecule has 30 heavy (non-hydrogen) atoms. The molecule has 0 radical (unpaired) electrons. The van der Waals surface area contributed by atoms with Gasteiger partial charge in [-0.05, 0) is 49.7 Å². The number of carboxylic acids is 1. The molecule has 5 nitrogen and oxygen atoms in total. The minimum atomic E-state index is -4.37. The predicted molar refractivity (Wildman–Crippen MR) is 109 cm³/mol. The Balaban J connectivity index is 1.63. The van der Waals surface area contributed by atoms with Gasteiger partial charge >= 0.3 is 12.1 Å². The van der Waals surface area contributed by atoms with Crippen LogP contribution in [0.25, 0.3) is 10.6 Å². The van der Waals surface area contributed by atoms with Crippen molar-refractivity contribution in [2.75, 3.05) is 0 Å². The van der Waals surface area contributed by atoms with Gasteiger partial charge in [-0.2, -0.15) is 13.2 Å². The summed E-state index contributed by atoms with van der Waals surface area (Å²) in [6, 6.07) is 10.3. The molecule has 0 saturated heterocycles. The normalized spacial score (nSPS) is 12.6. The van der Waals surface area contributed by atoms with Crippen molar-refractivity contribution in [1.29, 1.82) is 0 Å². The van der Waals surface area contributed by atoms with E-state index >= 15 is 0 Å². The summed E-state index contributed by atoms with van der Waals surface area (Å²) in [4.78, 5) is 11.9. The third kappa shape index (κ3) is 5.51. The summed E-state index contributed by atoms with van der Waals surface area (Å²) in [7, 11) is 0. The molecule has 0 saturated carbocycles. The fraction of sp³-hybridized carbons (Fsp3) is 0.250. The summed E-state index contributed by atoms with van der Waals surface area (Å²) in [6.07, 6.45) is -5.31. The van der Waals surface area contributed by atoms with Crippen LogP contribution in [0.4, 0.5) is 13.2 Å². The summed E-state index contributed by atoms with van der Waals surface area (Å²) in [5, 5.41) is 18.4. The number of aromatic nitrogens is 2. The molecular formula is C20H17F3N2O3S2. The van der Waals surface area contributed by atoms with E-state index in [1.807, 2.05) is 19.1 Å². The number of carboxylic acid groups (broad SMARTS) is 1. The van der Waals surface area contributed by atoms with Gasteiger partial charge in [0.15, 0.2) is 6.10 Å². The molecule has 3 aromatic rings. The number of thioether (sulfide) groups is 1. The minimum Gasteiger partial charge on any atom is -0.479 e. The molecule has 1 N–H and O–H groups in total. The highest BCUT2D eigenvalue weighted by Gasteiger charge is 2.30. The fourth-order valence-corrected chi connectivity index (χ4v) is 4.29. The number of nitrogens with zero attached hydrogens (tertiary/aromatic N) is 2. The van der Waals surface area contributed by atoms with E-state index in [0.717, 1.165) is 27.6 Å². The molecule has 0 bridgehead atoms. The number of hydrogen-bond acceptors (Lipinski definition) is 6. The number of halogens is 3. The number of hydrogen-bond donors (Lipinski definition) is 1. The Labute approximate surface area is 178 Å². The first kappa shape index (κ1) is 22.1. The first-order valence-electron chi connectivity index (χ1n) is 8.76. The maximum absolute atomic E-state index is 12.7. The van der Waals surface area contributed by atoms with E-state index < -0.39 is 23.8 Å². The van der Waals surface area contributed by atoms with Crippen molar-refractivity contribution in [2.45, 2.75) is 36.8 Å². The first-order chi connectivity index (χ1) is 14.1. The average molecular weight is 454 g/mol. The Bertz CT molecular complexity index is 1040. The molecule has 0 aliphatic heterocycles. The van der Waals surface area contributed by atoms with Gasteiger partial charge in [-0.1, -0.05) is 23.5 Å². The zero-order chi connectivity index (χ0) is 21.9. The van der Waals surface area contributed by atoms with Crippen molar-refractivity contribution in [2.24, 2.45) is 0 Å². The highest BCUT2D eigenvalue weighted by Crippen LogP contribution is 2.33. The number of benzene rings is 2. The van der Waals surface area contributed by atoms with Crippen molar-refractivity contribution < 1.29 is 27.8 Å². The molecule has 1 heterocycles. The molecule has 3 rings (SSSR count). The van der Waals surface area contributed by atoms with Crippen molar-refractivity contribution in [3.63, 3.8) is 0 Å². The van der Waals surface area contributed by atoms with Crippen LogP contribution in [-0.2, 0) is 16.7 Å². The van der Waals surface area contributed by atoms with Gasteiger partial charge in [-0.25, -0.2) is 4.79 Å². The van der Waals surface area contributed by atoms with E-state index in [-0.39, 0.29) is 0 Å². The number of aliphatic carboxylic acids is 1. The second kappa shape index (κ2) is 9.05. The Morgan fingerprint density at radius 3 is 2.50 bits per heavy atom. The Hall–Kier alpha value is -2.59. The summed E-state index contributed by atoms with van der Waals surface area (Å²) >= 11 is 2.85. The second-order valence-electron chi connectivity index (χ2n) is 6.39. The largest absolute Gasteiger partial charge is 0.479 e. The van der Waals surface area contributed by atoms with Crippen LogP contribution in [0, 0.1) is 6.92 Å². The van der Waals surface area contributed by atoms with Crippen LogP contribution in [-0.4, -0.2) is 27.4 Å². The summed E-state index contributed by atoms with van der Waals surface area (Å²) in [5.41, 5.74) is 0.699. The molecule has 0 aliphatic carbocycles. The summed E-state index contributed by atoms with van der Waals surface area (Å²) in [5.74, 6) is 0.0199. The Kier molecular flexibility index (Phi) is 6.67. The number of carbonyl (C=O) groups is 1. The number of aryl methyl sites for hydroxylation is 1. The van der Waals surface area contributed by atoms with Crippen LogP contribution in [0.15, 0.2) is 47.4 Å². The zero-order valence-corrected chi connectivity index (χ0v) is 17.6. The SMILES string of the molecule is Cc1cc(SCc2nnc(-c3ccc(C(F)(F)F)cc3)s2)ccc1OC(C)C(=O)O. The van der Waals surface area contributed by atoms with Crippen molar-refractivity contribution in [1.82, 2.24) is 10.2 Å². The van der Waals surface area contributed by atoms with E-state index in [4.69, 9.17) is 9.84 Å². The molecule has 0 amide bonds. The lowest BCUT2D eigenvalue weighted by molar-refractivity contribution is -0.144. The lowest BCUT2D eigenvalue weighted by Gasteiger charge is -2.13. The van der Waals surface area contributed by atoms with Gasteiger partial charge in [0.2, 0.25) is 0 Å². The molecule has 1 aromatic heterocycles. The highest BCUT2D eigenvalue weighted by molar-refractivity contribution is 7.98. The lowest BCUT2D eigenvalue weighted by Crippen LogP contribution is -2.23. The van der Waals surface area contributed by atoms with Crippen molar-refractivity contribution in [3.05, 3.63) is 58.6 Å². The monoisotopic (exact) mass is 454 g/mol. The van der Waals surface area contributed by atoms with Gasteiger partial charge in [-0.15, -0.1) is 22.0 Å². The number of alkyl halides is 3. The van der Waals surface area contributed by atoms with Gasteiger partial charge in [0.05, 0.1) is 11.3 Å². The number of ether oxygens (including phenoxy) is 1. The summed E-state index contributed by atoms with van der Waals surface area (Å²) in [6.45, 7) is 3.30. The molecule has 1 atom stereocenters. The second-order valence-corrected chi connectivity index (χ2v) is 8.50. The standard InChI is InChI=1S/C20H17F3N2O3S2/c1-11-9-15(7-8-16(11)28-12(2)19(26)27)29-10-17-24-25-18(30-17)13-3-5-14(6-4-13)20(21,22)23/h3-9,12H,10H2,1-2H3,(H,26,27). The smallest absolute Gasteiger partial charge is 0.416 e. The maximum Gasteiger partial charge on any atom is 0.416 e. The molecule has 2 aromatic carbocycles. The maximum atomic E-state index is 12.7. The zero-order valence-electron chi connectivity index (χ0n) is 15.9. The van der Waals surface area contributed by atoms with Crippen molar-refractivity contribution in [3.8, 4) is 16.3 Å². The van der Waals surface area contributed by atoms with Crippen LogP contribution in [0.2, 0.25) is 0 Å². The van der Waals surface area contributed by atoms with E-state index in [2.05, 4.69) is 10.2 Å². The van der Waals surface area contributed by atoms with Crippen LogP contribution >= 0.6 is 23.1 Å².